The second-order valence-corrected chi connectivity index (χ2v) is 18.3. The van der Waals surface area contributed by atoms with Gasteiger partial charge in [-0.15, -0.1) is 0 Å². The highest BCUT2D eigenvalue weighted by Crippen LogP contribution is 2.50. The van der Waals surface area contributed by atoms with Gasteiger partial charge < -0.3 is 58.3 Å². The molecule has 4 heterocycles. The number of aliphatic hydroxyl groups excluding tert-OH is 2. The number of aliphatic hydroxyl groups is 4. The van der Waals surface area contributed by atoms with Crippen molar-refractivity contribution in [3.63, 3.8) is 0 Å². The third-order valence-corrected chi connectivity index (χ3v) is 12.4. The standard InChI is InChI=1S/C47H68O17/c1-10-11-12-13-14-15-39(51)62-43-31(22-41(53)58-9)21-34-25-37(28(2)48)61-42(54)24-32(50)23-35-26-38(59-29(3)49)45(6,7)46(55,63-35)27-36-19-30(20-40(52)57-8)18-33(60-36)16-17-44(4,5)47(43,56)64-34/h12-17,20,22,28,32-38,43,48,50,55-56H,10-11,18-19,21,23-27H2,1-9H3/b13-12+,15-14+,17-16?,30-20+,31-22-/t28-,32-,33+,34+,35-,36+,37-,38+,43+,46+,47-/m1/s1. The number of ether oxygens (including phenoxy) is 8. The van der Waals surface area contributed by atoms with E-state index in [2.05, 4.69) is 0 Å². The van der Waals surface area contributed by atoms with Crippen LogP contribution >= 0.6 is 0 Å². The highest BCUT2D eigenvalue weighted by molar-refractivity contribution is 5.85. The number of carbonyl (C=O) groups is 5. The molecule has 0 aromatic heterocycles. The number of allylic oxidation sites excluding steroid dienone is 3. The van der Waals surface area contributed by atoms with Gasteiger partial charge in [0.15, 0.2) is 11.9 Å². The van der Waals surface area contributed by atoms with Crippen molar-refractivity contribution >= 4 is 29.8 Å². The molecule has 0 aromatic rings. The van der Waals surface area contributed by atoms with E-state index < -0.39 is 114 Å². The number of hydrogen-bond donors (Lipinski definition) is 4. The minimum Gasteiger partial charge on any atom is -0.466 e. The van der Waals surface area contributed by atoms with E-state index in [1.165, 1.54) is 33.1 Å². The molecule has 0 spiro atoms. The maximum Gasteiger partial charge on any atom is 0.331 e. The third-order valence-electron chi connectivity index (χ3n) is 12.4. The Hall–Kier alpha value is -4.23. The smallest absolute Gasteiger partial charge is 0.331 e. The van der Waals surface area contributed by atoms with Crippen LogP contribution in [0.15, 0.2) is 59.8 Å². The largest absolute Gasteiger partial charge is 0.466 e. The van der Waals surface area contributed by atoms with Gasteiger partial charge in [0.1, 0.15) is 12.2 Å². The Morgan fingerprint density at radius 1 is 0.875 bits per heavy atom. The summed E-state index contributed by atoms with van der Waals surface area (Å²) in [5, 5.41) is 47.5. The first-order chi connectivity index (χ1) is 29.9. The summed E-state index contributed by atoms with van der Waals surface area (Å²) in [6.45, 7) is 11.2. The van der Waals surface area contributed by atoms with Crippen molar-refractivity contribution in [2.24, 2.45) is 10.8 Å². The summed E-state index contributed by atoms with van der Waals surface area (Å²) in [5.74, 6) is -8.31. The zero-order chi connectivity index (χ0) is 47.6. The van der Waals surface area contributed by atoms with Crippen molar-refractivity contribution in [1.82, 2.24) is 0 Å². The van der Waals surface area contributed by atoms with E-state index in [1.54, 1.807) is 45.9 Å². The number of cyclic esters (lactones) is 1. The predicted molar refractivity (Wildman–Crippen MR) is 228 cm³/mol. The van der Waals surface area contributed by atoms with Gasteiger partial charge in [-0.2, -0.15) is 0 Å². The molecule has 11 atom stereocenters. The summed E-state index contributed by atoms with van der Waals surface area (Å²) in [6, 6.07) is 0. The number of hydrogen-bond acceptors (Lipinski definition) is 17. The van der Waals surface area contributed by atoms with Gasteiger partial charge in [0.05, 0.1) is 62.7 Å². The highest BCUT2D eigenvalue weighted by Gasteiger charge is 2.59. The molecule has 4 aliphatic heterocycles. The number of fused-ring (bicyclic) bond motifs is 6. The Kier molecular flexibility index (Phi) is 18.3. The van der Waals surface area contributed by atoms with Crippen LogP contribution in [-0.4, -0.2) is 131 Å². The average Bonchev–Trinajstić information content (AvgIpc) is 3.19. The van der Waals surface area contributed by atoms with Gasteiger partial charge in [0, 0.05) is 56.3 Å². The summed E-state index contributed by atoms with van der Waals surface area (Å²) < 4.78 is 46.7. The van der Waals surface area contributed by atoms with Gasteiger partial charge in [-0.3, -0.25) is 9.59 Å². The molecule has 0 amide bonds. The summed E-state index contributed by atoms with van der Waals surface area (Å²) in [7, 11) is 2.40. The van der Waals surface area contributed by atoms with Crippen molar-refractivity contribution in [2.45, 2.75) is 179 Å². The SMILES string of the molecule is CCC/C=C/C=C/C(=O)O[C@H]1/C(=C\C(=O)OC)C[C@H]2C[C@H]([C@@H](C)O)OC(=O)C[C@H](O)C[C@@H]3C[C@H](OC(C)=O)C(C)(C)[C@](O)(C[C@@H]4C/C(=C/C(=O)OC)C[C@H](C=CC(C)(C)[C@]1(O)O2)O4)O3. The van der Waals surface area contributed by atoms with Crippen molar-refractivity contribution in [3.8, 4) is 0 Å². The van der Waals surface area contributed by atoms with Gasteiger partial charge >= 0.3 is 29.8 Å². The summed E-state index contributed by atoms with van der Waals surface area (Å²) in [6.07, 6.45) is 2.55. The minimum atomic E-state index is -2.47. The molecule has 3 fully saturated rings. The molecule has 0 aromatic carbocycles. The van der Waals surface area contributed by atoms with E-state index in [0.717, 1.165) is 32.1 Å². The molecular weight excluding hydrogens is 836 g/mol. The molecular formula is C47H68O17. The second kappa shape index (κ2) is 22.3. The van der Waals surface area contributed by atoms with Crippen molar-refractivity contribution in [3.05, 3.63) is 59.8 Å². The zero-order valence-corrected chi connectivity index (χ0v) is 38.5. The van der Waals surface area contributed by atoms with Crippen molar-refractivity contribution < 1.29 is 82.3 Å². The molecule has 4 aliphatic rings. The van der Waals surface area contributed by atoms with Crippen molar-refractivity contribution in [1.29, 1.82) is 0 Å². The first-order valence-corrected chi connectivity index (χ1v) is 21.9. The van der Waals surface area contributed by atoms with Crippen LogP contribution in [0.5, 0.6) is 0 Å². The third kappa shape index (κ3) is 13.4. The number of methoxy groups -OCH3 is 2. The van der Waals surface area contributed by atoms with Crippen LogP contribution in [-0.2, 0) is 61.9 Å². The number of unbranched alkanes of at least 4 members (excludes halogenated alkanes) is 1. The molecule has 0 aliphatic carbocycles. The van der Waals surface area contributed by atoms with E-state index in [0.29, 0.717) is 5.57 Å². The fourth-order valence-corrected chi connectivity index (χ4v) is 8.57. The summed E-state index contributed by atoms with van der Waals surface area (Å²) in [5.41, 5.74) is -2.06. The Balaban J connectivity index is 1.89. The van der Waals surface area contributed by atoms with Crippen LogP contribution in [0, 0.1) is 10.8 Å². The lowest BCUT2D eigenvalue weighted by Crippen LogP contribution is -2.62. The molecule has 0 radical (unpaired) electrons. The maximum atomic E-state index is 13.4. The molecule has 4 rings (SSSR count). The molecule has 0 saturated carbocycles. The van der Waals surface area contributed by atoms with Crippen LogP contribution in [0.1, 0.15) is 113 Å². The molecule has 64 heavy (non-hydrogen) atoms. The number of esters is 5. The Morgan fingerprint density at radius 2 is 1.56 bits per heavy atom. The van der Waals surface area contributed by atoms with Gasteiger partial charge in [-0.1, -0.05) is 77.0 Å². The van der Waals surface area contributed by atoms with Crippen LogP contribution in [0.25, 0.3) is 0 Å². The topological polar surface area (TPSA) is 240 Å². The van der Waals surface area contributed by atoms with E-state index in [4.69, 9.17) is 37.9 Å². The fraction of sp³-hybridized carbons (Fsp3) is 0.681. The minimum absolute atomic E-state index is 0.0721. The van der Waals surface area contributed by atoms with Gasteiger partial charge in [-0.05, 0) is 38.2 Å². The highest BCUT2D eigenvalue weighted by atomic mass is 16.7. The van der Waals surface area contributed by atoms with Crippen LogP contribution in [0.2, 0.25) is 0 Å². The maximum absolute atomic E-state index is 13.4. The summed E-state index contributed by atoms with van der Waals surface area (Å²) >= 11 is 0. The lowest BCUT2D eigenvalue weighted by atomic mass is 9.70. The normalized spacial score (nSPS) is 35.3. The first-order valence-electron chi connectivity index (χ1n) is 21.9. The van der Waals surface area contributed by atoms with E-state index >= 15 is 0 Å². The molecule has 17 heteroatoms. The Bertz CT molecular complexity index is 1830. The van der Waals surface area contributed by atoms with E-state index in [1.807, 2.05) is 13.0 Å². The summed E-state index contributed by atoms with van der Waals surface area (Å²) in [4.78, 5) is 64.7. The molecule has 358 valence electrons. The molecule has 3 saturated heterocycles. The predicted octanol–water partition coefficient (Wildman–Crippen LogP) is 4.28. The van der Waals surface area contributed by atoms with Gasteiger partial charge in [0.2, 0.25) is 5.79 Å². The van der Waals surface area contributed by atoms with E-state index in [9.17, 15) is 44.4 Å². The van der Waals surface area contributed by atoms with Crippen LogP contribution in [0.3, 0.4) is 0 Å². The van der Waals surface area contributed by atoms with Crippen LogP contribution in [0.4, 0.5) is 0 Å². The van der Waals surface area contributed by atoms with Gasteiger partial charge in [0.25, 0.3) is 0 Å². The fourth-order valence-electron chi connectivity index (χ4n) is 8.57. The van der Waals surface area contributed by atoms with Crippen LogP contribution < -0.4 is 0 Å². The quantitative estimate of drug-likeness (QED) is 0.0830. The molecule has 6 bridgehead atoms. The molecule has 17 nitrogen and oxygen atoms in total. The monoisotopic (exact) mass is 904 g/mol. The second-order valence-electron chi connectivity index (χ2n) is 18.3. The Morgan fingerprint density at radius 3 is 2.20 bits per heavy atom. The lowest BCUT2D eigenvalue weighted by Gasteiger charge is -2.53. The molecule has 4 N–H and O–H groups in total. The van der Waals surface area contributed by atoms with Crippen molar-refractivity contribution in [2.75, 3.05) is 14.2 Å². The average molecular weight is 905 g/mol. The van der Waals surface area contributed by atoms with Gasteiger partial charge in [-0.25, -0.2) is 14.4 Å². The number of rotatable bonds is 9. The first kappa shape index (κ1) is 52.4. The number of carbonyl (C=O) groups excluding carboxylic acids is 5. The molecule has 0 unspecified atom stereocenters. The Labute approximate surface area is 375 Å². The lowest BCUT2D eigenvalue weighted by molar-refractivity contribution is -0.348. The van der Waals surface area contributed by atoms with E-state index in [-0.39, 0.29) is 50.5 Å². The zero-order valence-electron chi connectivity index (χ0n) is 38.5.